The first-order valence-electron chi connectivity index (χ1n) is 8.09. The minimum atomic E-state index is -0.193. The number of rotatable bonds is 4. The summed E-state index contributed by atoms with van der Waals surface area (Å²) in [5.74, 6) is -0.181. The van der Waals surface area contributed by atoms with Gasteiger partial charge in [0.1, 0.15) is 0 Å². The first kappa shape index (κ1) is 15.0. The lowest BCUT2D eigenvalue weighted by Gasteiger charge is -2.42. The van der Waals surface area contributed by atoms with E-state index in [1.165, 1.54) is 19.3 Å². The number of hydrogen-bond donors (Lipinski definition) is 1. The fraction of sp³-hybridized carbons (Fsp3) is 0.529. The summed E-state index contributed by atoms with van der Waals surface area (Å²) in [6.45, 7) is 3.55. The molecule has 0 atom stereocenters. The molecule has 3 rings (SSSR count). The van der Waals surface area contributed by atoms with E-state index in [1.807, 2.05) is 23.1 Å². The Labute approximate surface area is 131 Å². The highest BCUT2D eigenvalue weighted by atomic mass is 16.2. The molecule has 0 spiro atoms. The van der Waals surface area contributed by atoms with Gasteiger partial charge in [-0.1, -0.05) is 24.6 Å². The zero-order valence-corrected chi connectivity index (χ0v) is 12.8. The second kappa shape index (κ2) is 6.92. The molecular formula is C17H23N3O2. The normalized spacial score (nSPS) is 19.5. The Morgan fingerprint density at radius 2 is 1.73 bits per heavy atom. The van der Waals surface area contributed by atoms with E-state index in [0.717, 1.165) is 32.2 Å². The Bertz CT molecular complexity index is 520. The SMILES string of the molecule is O=C(NCC(=O)N1CCN(C2CCC2)CC1)c1ccccc1. The van der Waals surface area contributed by atoms with E-state index in [-0.39, 0.29) is 18.4 Å². The Hall–Kier alpha value is -1.88. The predicted octanol–water partition coefficient (Wildman–Crippen LogP) is 1.11. The number of piperazine rings is 1. The van der Waals surface area contributed by atoms with E-state index in [2.05, 4.69) is 10.2 Å². The van der Waals surface area contributed by atoms with E-state index in [4.69, 9.17) is 0 Å². The summed E-state index contributed by atoms with van der Waals surface area (Å²) in [6, 6.07) is 9.74. The van der Waals surface area contributed by atoms with Crippen molar-refractivity contribution in [1.29, 1.82) is 0 Å². The first-order valence-corrected chi connectivity index (χ1v) is 8.09. The summed E-state index contributed by atoms with van der Waals surface area (Å²) in [4.78, 5) is 28.5. The Morgan fingerprint density at radius 1 is 1.05 bits per heavy atom. The minimum Gasteiger partial charge on any atom is -0.343 e. The summed E-state index contributed by atoms with van der Waals surface area (Å²) in [5, 5.41) is 2.71. The molecule has 2 aliphatic rings. The third-order valence-electron chi connectivity index (χ3n) is 4.69. The smallest absolute Gasteiger partial charge is 0.251 e. The molecule has 0 radical (unpaired) electrons. The third kappa shape index (κ3) is 3.47. The van der Waals surface area contributed by atoms with Crippen LogP contribution in [0.3, 0.4) is 0 Å². The van der Waals surface area contributed by atoms with Crippen molar-refractivity contribution in [2.45, 2.75) is 25.3 Å². The second-order valence-corrected chi connectivity index (χ2v) is 6.05. The van der Waals surface area contributed by atoms with Crippen LogP contribution in [0.2, 0.25) is 0 Å². The van der Waals surface area contributed by atoms with Gasteiger partial charge < -0.3 is 10.2 Å². The number of carbonyl (C=O) groups is 2. The van der Waals surface area contributed by atoms with Crippen LogP contribution in [0.15, 0.2) is 30.3 Å². The third-order valence-corrected chi connectivity index (χ3v) is 4.69. The van der Waals surface area contributed by atoms with Gasteiger partial charge in [0.05, 0.1) is 6.54 Å². The largest absolute Gasteiger partial charge is 0.343 e. The van der Waals surface area contributed by atoms with Crippen molar-refractivity contribution in [3.8, 4) is 0 Å². The van der Waals surface area contributed by atoms with Crippen LogP contribution in [0.1, 0.15) is 29.6 Å². The fourth-order valence-electron chi connectivity index (χ4n) is 3.05. The van der Waals surface area contributed by atoms with Crippen LogP contribution in [-0.2, 0) is 4.79 Å². The summed E-state index contributed by atoms with van der Waals surface area (Å²) in [7, 11) is 0. The zero-order valence-electron chi connectivity index (χ0n) is 12.8. The van der Waals surface area contributed by atoms with Crippen molar-refractivity contribution in [3.63, 3.8) is 0 Å². The summed E-state index contributed by atoms with van der Waals surface area (Å²) in [5.41, 5.74) is 0.588. The molecule has 1 N–H and O–H groups in total. The Balaban J connectivity index is 1.42. The maximum atomic E-state index is 12.2. The number of hydrogen-bond acceptors (Lipinski definition) is 3. The molecule has 5 nitrogen and oxygen atoms in total. The van der Waals surface area contributed by atoms with Crippen LogP contribution in [0.4, 0.5) is 0 Å². The molecular weight excluding hydrogens is 278 g/mol. The number of nitrogens with one attached hydrogen (secondary N) is 1. The topological polar surface area (TPSA) is 52.7 Å². The molecule has 1 aliphatic heterocycles. The highest BCUT2D eigenvalue weighted by molar-refractivity contribution is 5.96. The van der Waals surface area contributed by atoms with Crippen molar-refractivity contribution in [3.05, 3.63) is 35.9 Å². The van der Waals surface area contributed by atoms with E-state index in [0.29, 0.717) is 5.56 Å². The van der Waals surface area contributed by atoms with Gasteiger partial charge in [0.2, 0.25) is 5.91 Å². The zero-order chi connectivity index (χ0) is 15.4. The van der Waals surface area contributed by atoms with Gasteiger partial charge in [0.15, 0.2) is 0 Å². The van der Waals surface area contributed by atoms with Gasteiger partial charge in [-0.3, -0.25) is 14.5 Å². The molecule has 0 aromatic heterocycles. The molecule has 1 saturated heterocycles. The highest BCUT2D eigenvalue weighted by Gasteiger charge is 2.29. The van der Waals surface area contributed by atoms with Crippen molar-refractivity contribution in [2.24, 2.45) is 0 Å². The number of amides is 2. The summed E-state index contributed by atoms with van der Waals surface area (Å²) >= 11 is 0. The van der Waals surface area contributed by atoms with Gasteiger partial charge in [0.25, 0.3) is 5.91 Å². The van der Waals surface area contributed by atoms with E-state index in [1.54, 1.807) is 12.1 Å². The fourth-order valence-corrected chi connectivity index (χ4v) is 3.05. The van der Waals surface area contributed by atoms with E-state index < -0.39 is 0 Å². The predicted molar refractivity (Wildman–Crippen MR) is 84.6 cm³/mol. The van der Waals surface area contributed by atoms with Crippen LogP contribution < -0.4 is 5.32 Å². The molecule has 22 heavy (non-hydrogen) atoms. The second-order valence-electron chi connectivity index (χ2n) is 6.05. The number of nitrogens with zero attached hydrogens (tertiary/aromatic N) is 2. The molecule has 0 bridgehead atoms. The van der Waals surface area contributed by atoms with E-state index in [9.17, 15) is 9.59 Å². The van der Waals surface area contributed by atoms with Crippen LogP contribution >= 0.6 is 0 Å². The van der Waals surface area contributed by atoms with Gasteiger partial charge in [-0.05, 0) is 25.0 Å². The molecule has 2 fully saturated rings. The summed E-state index contributed by atoms with van der Waals surface area (Å²) in [6.07, 6.45) is 3.96. The number of carbonyl (C=O) groups excluding carboxylic acids is 2. The molecule has 118 valence electrons. The minimum absolute atomic E-state index is 0.0116. The van der Waals surface area contributed by atoms with Gasteiger partial charge >= 0.3 is 0 Å². The Morgan fingerprint density at radius 3 is 2.32 bits per heavy atom. The van der Waals surface area contributed by atoms with Gasteiger partial charge in [-0.15, -0.1) is 0 Å². The highest BCUT2D eigenvalue weighted by Crippen LogP contribution is 2.25. The molecule has 1 heterocycles. The van der Waals surface area contributed by atoms with Crippen molar-refractivity contribution < 1.29 is 9.59 Å². The quantitative estimate of drug-likeness (QED) is 0.906. The van der Waals surface area contributed by atoms with E-state index >= 15 is 0 Å². The standard InChI is InChI=1S/C17H23N3O2/c21-16(13-18-17(22)14-5-2-1-3-6-14)20-11-9-19(10-12-20)15-7-4-8-15/h1-3,5-6,15H,4,7-13H2,(H,18,22). The van der Waals surface area contributed by atoms with Gasteiger partial charge in [-0.2, -0.15) is 0 Å². The monoisotopic (exact) mass is 301 g/mol. The molecule has 5 heteroatoms. The average Bonchev–Trinajstić information content (AvgIpc) is 2.52. The average molecular weight is 301 g/mol. The van der Waals surface area contributed by atoms with Gasteiger partial charge in [-0.25, -0.2) is 0 Å². The molecule has 1 aliphatic carbocycles. The lowest BCUT2D eigenvalue weighted by atomic mass is 9.91. The molecule has 1 saturated carbocycles. The van der Waals surface area contributed by atoms with Crippen LogP contribution in [-0.4, -0.2) is 60.4 Å². The molecule has 2 amide bonds. The van der Waals surface area contributed by atoms with Crippen molar-refractivity contribution >= 4 is 11.8 Å². The van der Waals surface area contributed by atoms with Crippen LogP contribution in [0.5, 0.6) is 0 Å². The number of benzene rings is 1. The Kier molecular flexibility index (Phi) is 4.73. The maximum Gasteiger partial charge on any atom is 0.251 e. The van der Waals surface area contributed by atoms with Crippen LogP contribution in [0.25, 0.3) is 0 Å². The lowest BCUT2D eigenvalue weighted by molar-refractivity contribution is -0.132. The molecule has 1 aromatic carbocycles. The van der Waals surface area contributed by atoms with Gasteiger partial charge in [0, 0.05) is 37.8 Å². The van der Waals surface area contributed by atoms with Crippen molar-refractivity contribution in [2.75, 3.05) is 32.7 Å². The maximum absolute atomic E-state index is 12.2. The first-order chi connectivity index (χ1) is 10.7. The molecule has 1 aromatic rings. The molecule has 0 unspecified atom stereocenters. The lowest BCUT2D eigenvalue weighted by Crippen LogP contribution is -2.54. The summed E-state index contributed by atoms with van der Waals surface area (Å²) < 4.78 is 0. The van der Waals surface area contributed by atoms with Crippen molar-refractivity contribution in [1.82, 2.24) is 15.1 Å². The van der Waals surface area contributed by atoms with Crippen LogP contribution in [0, 0.1) is 0 Å².